The first kappa shape index (κ1) is 23.1. The molecule has 6 rings (SSSR count). The number of aromatic nitrogens is 5. The molecule has 0 fully saturated rings. The molecule has 0 radical (unpaired) electrons. The Hall–Kier alpha value is -4.37. The molecule has 0 aliphatic rings. The lowest BCUT2D eigenvalue weighted by molar-refractivity contribution is 0.600. The quantitative estimate of drug-likeness (QED) is 0.305. The Bertz CT molecular complexity index is 1880. The van der Waals surface area contributed by atoms with E-state index in [1.54, 1.807) is 18.6 Å². The Morgan fingerprint density at radius 2 is 1.81 bits per heavy atom. The van der Waals surface area contributed by atoms with E-state index in [0.29, 0.717) is 16.8 Å². The van der Waals surface area contributed by atoms with Gasteiger partial charge in [-0.05, 0) is 59.5 Å². The fourth-order valence-electron chi connectivity index (χ4n) is 4.59. The van der Waals surface area contributed by atoms with Crippen LogP contribution >= 0.6 is 0 Å². The maximum atomic E-state index is 14.5. The molecule has 0 aliphatic heterocycles. The van der Waals surface area contributed by atoms with Crippen molar-refractivity contribution in [2.75, 3.05) is 12.0 Å². The van der Waals surface area contributed by atoms with E-state index in [1.165, 1.54) is 18.4 Å². The maximum absolute atomic E-state index is 14.5. The Morgan fingerprint density at radius 1 is 0.919 bits per heavy atom. The first-order chi connectivity index (χ1) is 17.8. The van der Waals surface area contributed by atoms with E-state index in [-0.39, 0.29) is 12.2 Å². The number of sulfone groups is 1. The summed E-state index contributed by atoms with van der Waals surface area (Å²) in [5, 5.41) is 9.25. The van der Waals surface area contributed by atoms with Crippen LogP contribution in [0, 0.1) is 5.82 Å². The number of H-pyrrole nitrogens is 2. The van der Waals surface area contributed by atoms with Gasteiger partial charge >= 0.3 is 0 Å². The molecule has 6 aromatic rings. The molecule has 2 aromatic carbocycles. The Labute approximate surface area is 212 Å². The van der Waals surface area contributed by atoms with Crippen LogP contribution in [0.4, 0.5) is 4.39 Å². The van der Waals surface area contributed by atoms with E-state index in [9.17, 15) is 12.8 Å². The monoisotopic (exact) mass is 511 g/mol. The molecule has 0 atom stereocenters. The van der Waals surface area contributed by atoms with Crippen LogP contribution in [0.15, 0.2) is 79.3 Å². The number of fused-ring (bicyclic) bond motifs is 2. The highest BCUT2D eigenvalue weighted by atomic mass is 32.2. The van der Waals surface area contributed by atoms with Gasteiger partial charge in [0.1, 0.15) is 15.7 Å². The van der Waals surface area contributed by atoms with Crippen molar-refractivity contribution in [1.82, 2.24) is 25.1 Å². The predicted molar refractivity (Wildman–Crippen MR) is 143 cm³/mol. The number of aryl methyl sites for hydroxylation is 1. The topological polar surface area (TPSA) is 104 Å². The molecule has 0 unspecified atom stereocenters. The molecule has 184 valence electrons. The van der Waals surface area contributed by atoms with Crippen LogP contribution in [-0.4, -0.2) is 45.6 Å². The number of hydrogen-bond donors (Lipinski definition) is 2. The van der Waals surface area contributed by atoms with Crippen LogP contribution < -0.4 is 0 Å². The van der Waals surface area contributed by atoms with Gasteiger partial charge in [0.05, 0.1) is 17.1 Å². The first-order valence-electron chi connectivity index (χ1n) is 11.7. The van der Waals surface area contributed by atoms with Crippen molar-refractivity contribution in [3.05, 3.63) is 90.6 Å². The van der Waals surface area contributed by atoms with E-state index < -0.39 is 15.7 Å². The number of aromatic amines is 2. The van der Waals surface area contributed by atoms with Gasteiger partial charge in [-0.2, -0.15) is 5.10 Å². The SMILES string of the molecule is CS(=O)(=O)CCc1cc(F)cc(-c2cccc3[nH]c(-c4[nH]nc5ncc(-c6cccnc6)cc45)cc23)c1. The third-order valence-corrected chi connectivity index (χ3v) is 7.31. The fourth-order valence-corrected chi connectivity index (χ4v) is 5.20. The van der Waals surface area contributed by atoms with Crippen LogP contribution in [0.2, 0.25) is 0 Å². The van der Waals surface area contributed by atoms with Gasteiger partial charge in [0, 0.05) is 52.3 Å². The van der Waals surface area contributed by atoms with E-state index in [1.807, 2.05) is 48.5 Å². The normalized spacial score (nSPS) is 11.9. The molecule has 37 heavy (non-hydrogen) atoms. The average Bonchev–Trinajstić information content (AvgIpc) is 3.51. The van der Waals surface area contributed by atoms with E-state index in [2.05, 4.69) is 25.1 Å². The number of pyridine rings is 2. The summed E-state index contributed by atoms with van der Waals surface area (Å²) >= 11 is 0. The summed E-state index contributed by atoms with van der Waals surface area (Å²) in [4.78, 5) is 12.2. The third kappa shape index (κ3) is 4.61. The second-order valence-electron chi connectivity index (χ2n) is 9.11. The Balaban J connectivity index is 1.44. The van der Waals surface area contributed by atoms with Gasteiger partial charge in [-0.3, -0.25) is 10.1 Å². The number of benzene rings is 2. The van der Waals surface area contributed by atoms with E-state index in [0.717, 1.165) is 44.4 Å². The highest BCUT2D eigenvalue weighted by Gasteiger charge is 2.15. The molecular weight excluding hydrogens is 489 g/mol. The number of rotatable bonds is 6. The number of hydrogen-bond acceptors (Lipinski definition) is 5. The number of halogens is 1. The van der Waals surface area contributed by atoms with Crippen LogP contribution in [0.1, 0.15) is 5.56 Å². The molecule has 0 saturated carbocycles. The van der Waals surface area contributed by atoms with Gasteiger partial charge in [0.15, 0.2) is 5.65 Å². The Kier molecular flexibility index (Phi) is 5.57. The van der Waals surface area contributed by atoms with Crippen LogP contribution in [0.5, 0.6) is 0 Å². The summed E-state index contributed by atoms with van der Waals surface area (Å²) in [7, 11) is -3.15. The molecule has 9 heteroatoms. The van der Waals surface area contributed by atoms with Crippen LogP contribution in [0.3, 0.4) is 0 Å². The minimum Gasteiger partial charge on any atom is -0.353 e. The molecule has 7 nitrogen and oxygen atoms in total. The van der Waals surface area contributed by atoms with Crippen molar-refractivity contribution in [2.45, 2.75) is 6.42 Å². The number of nitrogens with zero attached hydrogens (tertiary/aromatic N) is 3. The number of nitrogens with one attached hydrogen (secondary N) is 2. The lowest BCUT2D eigenvalue weighted by Gasteiger charge is -2.08. The molecule has 0 saturated heterocycles. The minimum atomic E-state index is -3.15. The van der Waals surface area contributed by atoms with Gasteiger partial charge in [-0.25, -0.2) is 17.8 Å². The zero-order valence-corrected chi connectivity index (χ0v) is 20.7. The molecule has 4 heterocycles. The fraction of sp³-hybridized carbons (Fsp3) is 0.107. The second kappa shape index (κ2) is 8.94. The van der Waals surface area contributed by atoms with E-state index >= 15 is 0 Å². The minimum absolute atomic E-state index is 0.0314. The molecule has 2 N–H and O–H groups in total. The van der Waals surface area contributed by atoms with Crippen molar-refractivity contribution in [3.8, 4) is 33.6 Å². The highest BCUT2D eigenvalue weighted by Crippen LogP contribution is 2.35. The van der Waals surface area contributed by atoms with Crippen LogP contribution in [-0.2, 0) is 16.3 Å². The summed E-state index contributed by atoms with van der Waals surface area (Å²) in [6.45, 7) is 0. The summed E-state index contributed by atoms with van der Waals surface area (Å²) in [6.07, 6.45) is 6.74. The van der Waals surface area contributed by atoms with Gasteiger partial charge in [0.2, 0.25) is 0 Å². The molecule has 0 amide bonds. The van der Waals surface area contributed by atoms with Crippen LogP contribution in [0.25, 0.3) is 55.6 Å². The van der Waals surface area contributed by atoms with Crippen molar-refractivity contribution < 1.29 is 12.8 Å². The van der Waals surface area contributed by atoms with Gasteiger partial charge in [-0.1, -0.05) is 24.3 Å². The van der Waals surface area contributed by atoms with Crippen molar-refractivity contribution >= 4 is 31.8 Å². The zero-order chi connectivity index (χ0) is 25.6. The van der Waals surface area contributed by atoms with Gasteiger partial charge < -0.3 is 4.98 Å². The van der Waals surface area contributed by atoms with E-state index in [4.69, 9.17) is 0 Å². The lowest BCUT2D eigenvalue weighted by atomic mass is 9.98. The third-order valence-electron chi connectivity index (χ3n) is 6.37. The second-order valence-corrected chi connectivity index (χ2v) is 11.4. The van der Waals surface area contributed by atoms with Gasteiger partial charge in [-0.15, -0.1) is 0 Å². The molecule has 0 aliphatic carbocycles. The zero-order valence-electron chi connectivity index (χ0n) is 19.9. The smallest absolute Gasteiger partial charge is 0.181 e. The summed E-state index contributed by atoms with van der Waals surface area (Å²) in [5.74, 6) is -0.432. The largest absolute Gasteiger partial charge is 0.353 e. The standard InChI is InChI=1S/C28H22FN5O2S/c1-37(35,36)9-7-17-10-19(12-21(29)11-17)22-5-2-6-25-23(22)14-26(32-25)27-24-13-20(16-31-28(24)34-33-27)18-4-3-8-30-15-18/h2-6,8,10-16,32H,7,9H2,1H3,(H,31,33,34). The average molecular weight is 512 g/mol. The van der Waals surface area contributed by atoms with Gasteiger partial charge in [0.25, 0.3) is 0 Å². The highest BCUT2D eigenvalue weighted by molar-refractivity contribution is 7.90. The van der Waals surface area contributed by atoms with Crippen molar-refractivity contribution in [3.63, 3.8) is 0 Å². The molecule has 0 spiro atoms. The lowest BCUT2D eigenvalue weighted by Crippen LogP contribution is -2.06. The summed E-state index contributed by atoms with van der Waals surface area (Å²) in [6, 6.07) is 18.4. The van der Waals surface area contributed by atoms with Crippen molar-refractivity contribution in [2.24, 2.45) is 0 Å². The maximum Gasteiger partial charge on any atom is 0.181 e. The molecule has 4 aromatic heterocycles. The van der Waals surface area contributed by atoms with Crippen molar-refractivity contribution in [1.29, 1.82) is 0 Å². The Morgan fingerprint density at radius 3 is 2.62 bits per heavy atom. The molecule has 0 bridgehead atoms. The first-order valence-corrected chi connectivity index (χ1v) is 13.7. The molecular formula is C28H22FN5O2S. The predicted octanol–water partition coefficient (Wildman–Crippen LogP) is 5.56. The summed E-state index contributed by atoms with van der Waals surface area (Å²) in [5.41, 5.74) is 7.17. The summed E-state index contributed by atoms with van der Waals surface area (Å²) < 4.78 is 37.8.